The Hall–Kier alpha value is -1.10. The van der Waals surface area contributed by atoms with Crippen LogP contribution in [0.25, 0.3) is 0 Å². The topological polar surface area (TPSA) is 41.9 Å². The van der Waals surface area contributed by atoms with Gasteiger partial charge in [0.15, 0.2) is 6.04 Å². The predicted octanol–water partition coefficient (Wildman–Crippen LogP) is 1.58. The van der Waals surface area contributed by atoms with Gasteiger partial charge in [-0.2, -0.15) is 0 Å². The molecule has 5 heteroatoms. The smallest absolute Gasteiger partial charge is 0.331 e. The molecule has 1 saturated carbocycles. The summed E-state index contributed by atoms with van der Waals surface area (Å²) in [6.07, 6.45) is 7.87. The summed E-state index contributed by atoms with van der Waals surface area (Å²) in [5.74, 6) is 0.675. The number of esters is 1. The number of aliphatic imine (C=N–C) groups is 1. The molecule has 84 valence electrons. The molecule has 0 bridgehead atoms. The number of nitrogens with zero attached hydrogens (tertiary/aromatic N) is 2. The Kier molecular flexibility index (Phi) is 2.35. The minimum atomic E-state index is -0.284. The van der Waals surface area contributed by atoms with Crippen LogP contribution in [-0.4, -0.2) is 35.4 Å². The van der Waals surface area contributed by atoms with Crippen molar-refractivity contribution in [3.63, 3.8) is 0 Å². The number of hydrogen-bond acceptors (Lipinski definition) is 4. The lowest BCUT2D eigenvalue weighted by atomic mass is 10.2. The summed E-state index contributed by atoms with van der Waals surface area (Å²) in [4.78, 5) is 18.0. The summed E-state index contributed by atoms with van der Waals surface area (Å²) in [7, 11) is 0. The molecule has 0 saturated heterocycles. The normalized spacial score (nSPS) is 27.3. The molecule has 4 nitrogen and oxygen atoms in total. The van der Waals surface area contributed by atoms with Gasteiger partial charge in [-0.1, -0.05) is 0 Å². The standard InChI is InChI=1S/C11H11BrN2O2/c12-7-1-4-10-13-5-9(14(10)6-7)11(15)16-8-2-3-8/h1,4,6,8-9H,2-3,5H2. The largest absolute Gasteiger partial charge is 0.461 e. The van der Waals surface area contributed by atoms with E-state index in [0.717, 1.165) is 23.2 Å². The summed E-state index contributed by atoms with van der Waals surface area (Å²) in [5.41, 5.74) is 0. The van der Waals surface area contributed by atoms with E-state index < -0.39 is 0 Å². The zero-order valence-corrected chi connectivity index (χ0v) is 10.2. The van der Waals surface area contributed by atoms with E-state index in [1.165, 1.54) is 0 Å². The van der Waals surface area contributed by atoms with E-state index >= 15 is 0 Å². The second kappa shape index (κ2) is 3.73. The molecule has 0 aromatic heterocycles. The molecule has 0 spiro atoms. The van der Waals surface area contributed by atoms with E-state index in [-0.39, 0.29) is 18.1 Å². The molecule has 2 aliphatic heterocycles. The first kappa shape index (κ1) is 10.1. The van der Waals surface area contributed by atoms with E-state index in [2.05, 4.69) is 20.9 Å². The fraction of sp³-hybridized carbons (Fsp3) is 0.455. The van der Waals surface area contributed by atoms with Crippen LogP contribution in [-0.2, 0) is 9.53 Å². The highest BCUT2D eigenvalue weighted by molar-refractivity contribution is 9.11. The average Bonchev–Trinajstić information content (AvgIpc) is 2.96. The van der Waals surface area contributed by atoms with Gasteiger partial charge in [0.2, 0.25) is 0 Å². The third-order valence-corrected chi connectivity index (χ3v) is 3.23. The van der Waals surface area contributed by atoms with Gasteiger partial charge in [-0.05, 0) is 40.9 Å². The van der Waals surface area contributed by atoms with Crippen LogP contribution in [0.4, 0.5) is 0 Å². The van der Waals surface area contributed by atoms with Gasteiger partial charge < -0.3 is 9.64 Å². The molecular weight excluding hydrogens is 272 g/mol. The van der Waals surface area contributed by atoms with Crippen molar-refractivity contribution < 1.29 is 9.53 Å². The number of ether oxygens (including phenoxy) is 1. The molecule has 0 aromatic carbocycles. The first-order valence-corrected chi connectivity index (χ1v) is 6.12. The Labute approximate surface area is 102 Å². The maximum atomic E-state index is 11.9. The average molecular weight is 283 g/mol. The highest BCUT2D eigenvalue weighted by Gasteiger charge is 2.36. The van der Waals surface area contributed by atoms with E-state index in [9.17, 15) is 4.79 Å². The molecule has 1 unspecified atom stereocenters. The monoisotopic (exact) mass is 282 g/mol. The van der Waals surface area contributed by atoms with Gasteiger partial charge in [-0.15, -0.1) is 0 Å². The van der Waals surface area contributed by atoms with Gasteiger partial charge in [0.05, 0.1) is 6.54 Å². The third kappa shape index (κ3) is 1.80. The van der Waals surface area contributed by atoms with Crippen molar-refractivity contribution in [3.8, 4) is 0 Å². The molecule has 3 aliphatic rings. The Morgan fingerprint density at radius 2 is 2.31 bits per heavy atom. The Bertz CT molecular complexity index is 424. The summed E-state index contributed by atoms with van der Waals surface area (Å²) in [6.45, 7) is 0.488. The first-order chi connectivity index (χ1) is 7.74. The van der Waals surface area contributed by atoms with Gasteiger partial charge in [0.25, 0.3) is 0 Å². The van der Waals surface area contributed by atoms with E-state index in [0.29, 0.717) is 6.54 Å². The number of amidine groups is 1. The van der Waals surface area contributed by atoms with Gasteiger partial charge in [-0.3, -0.25) is 4.99 Å². The highest BCUT2D eigenvalue weighted by Crippen LogP contribution is 2.27. The lowest BCUT2D eigenvalue weighted by Crippen LogP contribution is -2.40. The maximum absolute atomic E-state index is 11.9. The van der Waals surface area contributed by atoms with E-state index in [1.807, 2.05) is 23.3 Å². The summed E-state index contributed by atoms with van der Waals surface area (Å²) in [6, 6.07) is -0.284. The molecule has 1 atom stereocenters. The minimum Gasteiger partial charge on any atom is -0.461 e. The molecule has 0 N–H and O–H groups in total. The van der Waals surface area contributed by atoms with Crippen molar-refractivity contribution in [1.82, 2.24) is 4.90 Å². The van der Waals surface area contributed by atoms with Crippen molar-refractivity contribution in [2.24, 2.45) is 4.99 Å². The Morgan fingerprint density at radius 3 is 3.06 bits per heavy atom. The second-order valence-corrected chi connectivity index (χ2v) is 5.02. The van der Waals surface area contributed by atoms with Gasteiger partial charge >= 0.3 is 5.97 Å². The summed E-state index contributed by atoms with van der Waals surface area (Å²) < 4.78 is 6.25. The second-order valence-electron chi connectivity index (χ2n) is 4.11. The first-order valence-electron chi connectivity index (χ1n) is 5.33. The van der Waals surface area contributed by atoms with Crippen molar-refractivity contribution in [1.29, 1.82) is 0 Å². The SMILES string of the molecule is O=C(OC1CC1)C1CN=C2C=CC(Br)=CN21. The molecular formula is C11H11BrN2O2. The quantitative estimate of drug-likeness (QED) is 0.723. The zero-order chi connectivity index (χ0) is 11.1. The van der Waals surface area contributed by atoms with E-state index in [4.69, 9.17) is 4.74 Å². The minimum absolute atomic E-state index is 0.157. The number of fused-ring (bicyclic) bond motifs is 1. The molecule has 3 rings (SSSR count). The van der Waals surface area contributed by atoms with Crippen LogP contribution in [0.15, 0.2) is 27.8 Å². The van der Waals surface area contributed by atoms with Crippen LogP contribution in [0.2, 0.25) is 0 Å². The van der Waals surface area contributed by atoms with Gasteiger partial charge in [0.1, 0.15) is 11.9 Å². The Morgan fingerprint density at radius 1 is 1.50 bits per heavy atom. The Balaban J connectivity index is 1.74. The molecule has 0 amide bonds. The van der Waals surface area contributed by atoms with Gasteiger partial charge in [-0.25, -0.2) is 4.79 Å². The lowest BCUT2D eigenvalue weighted by Gasteiger charge is -2.23. The van der Waals surface area contributed by atoms with Crippen LogP contribution in [0.5, 0.6) is 0 Å². The fourth-order valence-corrected chi connectivity index (χ4v) is 2.10. The molecule has 2 heterocycles. The van der Waals surface area contributed by atoms with Crippen LogP contribution in [0.3, 0.4) is 0 Å². The zero-order valence-electron chi connectivity index (χ0n) is 8.60. The number of hydrogen-bond donors (Lipinski definition) is 0. The fourth-order valence-electron chi connectivity index (χ4n) is 1.75. The van der Waals surface area contributed by atoms with Crippen LogP contribution < -0.4 is 0 Å². The third-order valence-electron chi connectivity index (χ3n) is 2.76. The van der Waals surface area contributed by atoms with Crippen molar-refractivity contribution >= 4 is 27.7 Å². The number of carbonyl (C=O) groups is 1. The van der Waals surface area contributed by atoms with Crippen molar-refractivity contribution in [3.05, 3.63) is 22.8 Å². The molecule has 16 heavy (non-hydrogen) atoms. The number of rotatable bonds is 2. The highest BCUT2D eigenvalue weighted by atomic mass is 79.9. The predicted molar refractivity (Wildman–Crippen MR) is 63.2 cm³/mol. The van der Waals surface area contributed by atoms with Crippen LogP contribution in [0.1, 0.15) is 12.8 Å². The summed E-state index contributed by atoms with van der Waals surface area (Å²) >= 11 is 3.39. The molecule has 1 fully saturated rings. The lowest BCUT2D eigenvalue weighted by molar-refractivity contribution is -0.148. The van der Waals surface area contributed by atoms with Crippen molar-refractivity contribution in [2.75, 3.05) is 6.54 Å². The van der Waals surface area contributed by atoms with Crippen molar-refractivity contribution in [2.45, 2.75) is 25.0 Å². The summed E-state index contributed by atoms with van der Waals surface area (Å²) in [5, 5.41) is 0. The molecule has 1 aliphatic carbocycles. The molecule has 0 aromatic rings. The van der Waals surface area contributed by atoms with E-state index in [1.54, 1.807) is 0 Å². The maximum Gasteiger partial charge on any atom is 0.331 e. The molecule has 0 radical (unpaired) electrons. The van der Waals surface area contributed by atoms with Crippen LogP contribution >= 0.6 is 15.9 Å². The number of halogens is 1. The van der Waals surface area contributed by atoms with Gasteiger partial charge in [0, 0.05) is 10.7 Å². The number of allylic oxidation sites excluding steroid dienone is 2. The van der Waals surface area contributed by atoms with Crippen LogP contribution in [0, 0.1) is 0 Å². The number of carbonyl (C=O) groups excluding carboxylic acids is 1.